The maximum atomic E-state index is 12.6. The van der Waals surface area contributed by atoms with E-state index >= 15 is 0 Å². The molecule has 114 valence electrons. The summed E-state index contributed by atoms with van der Waals surface area (Å²) in [6.45, 7) is 0. The maximum Gasteiger partial charge on any atom is 0.281 e. The first-order chi connectivity index (χ1) is 11.8. The number of benzene rings is 3. The first kappa shape index (κ1) is 13.0. The molecule has 0 saturated heterocycles. The molecule has 1 N–H and O–H groups in total. The molecule has 2 aromatic heterocycles. The number of aromatic amines is 1. The van der Waals surface area contributed by atoms with E-state index in [1.807, 2.05) is 48.5 Å². The Morgan fingerprint density at radius 1 is 0.792 bits per heavy atom. The first-order valence-corrected chi connectivity index (χ1v) is 7.67. The summed E-state index contributed by atoms with van der Waals surface area (Å²) in [5.74, 6) is 1.01. The number of rotatable bonds is 1. The first-order valence-electron chi connectivity index (χ1n) is 7.67. The molecule has 0 saturated carbocycles. The Labute approximate surface area is 136 Å². The molecule has 0 atom stereocenters. The molecule has 2 heterocycles. The summed E-state index contributed by atoms with van der Waals surface area (Å²) < 4.78 is 1.40. The molecule has 3 aromatic carbocycles. The zero-order valence-electron chi connectivity index (χ0n) is 12.6. The van der Waals surface area contributed by atoms with Crippen LogP contribution >= 0.6 is 0 Å². The van der Waals surface area contributed by atoms with Gasteiger partial charge in [0.15, 0.2) is 5.82 Å². The summed E-state index contributed by atoms with van der Waals surface area (Å²) in [6, 6.07) is 21.4. The summed E-state index contributed by atoms with van der Waals surface area (Å²) >= 11 is 0. The number of hydrogen-bond donors (Lipinski definition) is 1. The lowest BCUT2D eigenvalue weighted by Gasteiger charge is -2.02. The zero-order chi connectivity index (χ0) is 16.1. The summed E-state index contributed by atoms with van der Waals surface area (Å²) in [4.78, 5) is 21.7. The van der Waals surface area contributed by atoms with E-state index in [0.717, 1.165) is 16.3 Å². The highest BCUT2D eigenvalue weighted by atomic mass is 16.1. The SMILES string of the molecule is O=c1c2ccccc2nc2nc(-c3cccc4ccccc34)[nH]n12. The third-order valence-corrected chi connectivity index (χ3v) is 4.23. The minimum Gasteiger partial charge on any atom is -0.271 e. The zero-order valence-corrected chi connectivity index (χ0v) is 12.6. The third kappa shape index (κ3) is 1.78. The Morgan fingerprint density at radius 2 is 1.54 bits per heavy atom. The Hall–Kier alpha value is -3.47. The van der Waals surface area contributed by atoms with Crippen LogP contribution in [0.3, 0.4) is 0 Å². The second-order valence-electron chi connectivity index (χ2n) is 5.67. The van der Waals surface area contributed by atoms with Crippen LogP contribution < -0.4 is 5.56 Å². The van der Waals surface area contributed by atoms with Crippen molar-refractivity contribution in [3.8, 4) is 11.4 Å². The molecule has 5 rings (SSSR count). The minimum absolute atomic E-state index is 0.144. The molecule has 0 radical (unpaired) electrons. The van der Waals surface area contributed by atoms with Crippen LogP contribution in [0.4, 0.5) is 0 Å². The fourth-order valence-electron chi connectivity index (χ4n) is 3.08. The average Bonchev–Trinajstić information content (AvgIpc) is 3.05. The molecule has 5 nitrogen and oxygen atoms in total. The van der Waals surface area contributed by atoms with E-state index in [-0.39, 0.29) is 5.56 Å². The van der Waals surface area contributed by atoms with Crippen molar-refractivity contribution in [2.24, 2.45) is 0 Å². The molecule has 0 aliphatic heterocycles. The molecule has 5 heteroatoms. The van der Waals surface area contributed by atoms with E-state index in [0.29, 0.717) is 22.5 Å². The Morgan fingerprint density at radius 3 is 2.46 bits per heavy atom. The summed E-state index contributed by atoms with van der Waals surface area (Å²) in [5, 5.41) is 5.87. The van der Waals surface area contributed by atoms with E-state index in [9.17, 15) is 4.79 Å². The maximum absolute atomic E-state index is 12.6. The molecule has 0 amide bonds. The summed E-state index contributed by atoms with van der Waals surface area (Å²) in [6.07, 6.45) is 0. The smallest absolute Gasteiger partial charge is 0.271 e. The van der Waals surface area contributed by atoms with Gasteiger partial charge in [-0.05, 0) is 22.9 Å². The van der Waals surface area contributed by atoms with Gasteiger partial charge in [0.2, 0.25) is 0 Å². The van der Waals surface area contributed by atoms with E-state index in [1.165, 1.54) is 4.52 Å². The molecule has 0 aliphatic rings. The highest BCUT2D eigenvalue weighted by Gasteiger charge is 2.12. The summed E-state index contributed by atoms with van der Waals surface area (Å²) in [7, 11) is 0. The van der Waals surface area contributed by atoms with Gasteiger partial charge in [0, 0.05) is 5.56 Å². The van der Waals surface area contributed by atoms with Crippen molar-refractivity contribution < 1.29 is 0 Å². The van der Waals surface area contributed by atoms with Crippen molar-refractivity contribution in [3.05, 3.63) is 77.1 Å². The van der Waals surface area contributed by atoms with Gasteiger partial charge in [0.1, 0.15) is 0 Å². The van der Waals surface area contributed by atoms with Crippen LogP contribution in [0.15, 0.2) is 71.5 Å². The number of fused-ring (bicyclic) bond motifs is 3. The largest absolute Gasteiger partial charge is 0.281 e. The average molecular weight is 312 g/mol. The van der Waals surface area contributed by atoms with Gasteiger partial charge >= 0.3 is 0 Å². The quantitative estimate of drug-likeness (QED) is 0.516. The number of nitrogens with zero attached hydrogens (tertiary/aromatic N) is 3. The Bertz CT molecular complexity index is 1280. The third-order valence-electron chi connectivity index (χ3n) is 4.23. The lowest BCUT2D eigenvalue weighted by atomic mass is 10.0. The molecule has 5 aromatic rings. The van der Waals surface area contributed by atoms with Gasteiger partial charge in [-0.3, -0.25) is 9.89 Å². The second kappa shape index (κ2) is 4.76. The van der Waals surface area contributed by atoms with Crippen LogP contribution in [0.25, 0.3) is 38.8 Å². The van der Waals surface area contributed by atoms with E-state index in [1.54, 1.807) is 6.07 Å². The molecule has 0 unspecified atom stereocenters. The van der Waals surface area contributed by atoms with Crippen molar-refractivity contribution in [3.63, 3.8) is 0 Å². The lowest BCUT2D eigenvalue weighted by Crippen LogP contribution is -2.15. The van der Waals surface area contributed by atoms with Gasteiger partial charge in [0.25, 0.3) is 11.3 Å². The predicted molar refractivity (Wildman–Crippen MR) is 94.1 cm³/mol. The van der Waals surface area contributed by atoms with Gasteiger partial charge in [-0.25, -0.2) is 4.98 Å². The number of nitrogens with one attached hydrogen (secondary N) is 1. The fraction of sp³-hybridized carbons (Fsp3) is 0. The van der Waals surface area contributed by atoms with Crippen molar-refractivity contribution >= 4 is 27.5 Å². The highest BCUT2D eigenvalue weighted by molar-refractivity contribution is 5.95. The monoisotopic (exact) mass is 312 g/mol. The van der Waals surface area contributed by atoms with Crippen LogP contribution in [0, 0.1) is 0 Å². The standard InChI is InChI=1S/C19H12N4O/c24-18-15-9-3-4-11-16(15)20-19-21-17(22-23(18)19)14-10-5-7-12-6-1-2-8-13(12)14/h1-11H,(H,20,21,22). The van der Waals surface area contributed by atoms with Crippen LogP contribution in [-0.2, 0) is 0 Å². The molecular formula is C19H12N4O. The van der Waals surface area contributed by atoms with Gasteiger partial charge < -0.3 is 0 Å². The highest BCUT2D eigenvalue weighted by Crippen LogP contribution is 2.26. The van der Waals surface area contributed by atoms with Gasteiger partial charge in [-0.15, -0.1) is 0 Å². The van der Waals surface area contributed by atoms with Gasteiger partial charge in [-0.1, -0.05) is 54.6 Å². The molecule has 24 heavy (non-hydrogen) atoms. The normalized spacial score (nSPS) is 11.5. The van der Waals surface area contributed by atoms with Crippen LogP contribution in [0.1, 0.15) is 0 Å². The number of aromatic nitrogens is 4. The van der Waals surface area contributed by atoms with E-state index < -0.39 is 0 Å². The van der Waals surface area contributed by atoms with Gasteiger partial charge in [0.05, 0.1) is 10.9 Å². The topological polar surface area (TPSA) is 63.0 Å². The molecule has 0 aliphatic carbocycles. The van der Waals surface area contributed by atoms with E-state index in [2.05, 4.69) is 27.2 Å². The molecule has 0 fully saturated rings. The number of para-hydroxylation sites is 1. The van der Waals surface area contributed by atoms with Crippen molar-refractivity contribution in [1.29, 1.82) is 0 Å². The molecular weight excluding hydrogens is 300 g/mol. The van der Waals surface area contributed by atoms with Crippen LogP contribution in [0.2, 0.25) is 0 Å². The molecule has 0 spiro atoms. The number of H-pyrrole nitrogens is 1. The van der Waals surface area contributed by atoms with Crippen molar-refractivity contribution in [1.82, 2.24) is 19.6 Å². The van der Waals surface area contributed by atoms with Crippen LogP contribution in [-0.4, -0.2) is 19.6 Å². The van der Waals surface area contributed by atoms with Crippen molar-refractivity contribution in [2.45, 2.75) is 0 Å². The minimum atomic E-state index is -0.144. The summed E-state index contributed by atoms with van der Waals surface area (Å²) in [5.41, 5.74) is 1.45. The fourth-order valence-corrected chi connectivity index (χ4v) is 3.08. The van der Waals surface area contributed by atoms with Crippen LogP contribution in [0.5, 0.6) is 0 Å². The molecule has 0 bridgehead atoms. The second-order valence-corrected chi connectivity index (χ2v) is 5.67. The Kier molecular flexibility index (Phi) is 2.58. The van der Waals surface area contributed by atoms with Gasteiger partial charge in [-0.2, -0.15) is 9.50 Å². The lowest BCUT2D eigenvalue weighted by molar-refractivity contribution is 0.919. The van der Waals surface area contributed by atoms with E-state index in [4.69, 9.17) is 0 Å². The number of hydrogen-bond acceptors (Lipinski definition) is 3. The predicted octanol–water partition coefficient (Wildman–Crippen LogP) is 3.39. The van der Waals surface area contributed by atoms with Crippen molar-refractivity contribution in [2.75, 3.05) is 0 Å². The Balaban J connectivity index is 1.86.